The summed E-state index contributed by atoms with van der Waals surface area (Å²) in [5.41, 5.74) is 2.19. The number of hydrogen-bond donors (Lipinski definition) is 2. The molecule has 2 N–H and O–H groups in total. The molecule has 0 aliphatic carbocycles. The van der Waals surface area contributed by atoms with Crippen LogP contribution >= 0.6 is 0 Å². The Morgan fingerprint density at radius 3 is 2.00 bits per heavy atom. The molecule has 0 bridgehead atoms. The van der Waals surface area contributed by atoms with E-state index in [4.69, 9.17) is 9.53 Å². The second-order valence-electron chi connectivity index (χ2n) is 8.71. The molecule has 1 saturated heterocycles. The van der Waals surface area contributed by atoms with Gasteiger partial charge in [0.25, 0.3) is 0 Å². The van der Waals surface area contributed by atoms with E-state index < -0.39 is 0 Å². The summed E-state index contributed by atoms with van der Waals surface area (Å²) in [7, 11) is 3.47. The van der Waals surface area contributed by atoms with Crippen molar-refractivity contribution in [3.63, 3.8) is 0 Å². The highest BCUT2D eigenvalue weighted by molar-refractivity contribution is 5.79. The Kier molecular flexibility index (Phi) is 18.9. The zero-order valence-electron chi connectivity index (χ0n) is 22.4. The smallest absolute Gasteiger partial charge is 0.249 e. The number of ether oxygens (including phenoxy) is 1. The van der Waals surface area contributed by atoms with Gasteiger partial charge in [0.2, 0.25) is 12.3 Å². The number of amides is 2. The van der Waals surface area contributed by atoms with E-state index in [0.29, 0.717) is 26.0 Å². The Bertz CT molecular complexity index is 841. The Balaban J connectivity index is 0.000000625. The number of rotatable bonds is 8. The van der Waals surface area contributed by atoms with Crippen LogP contribution in [0.25, 0.3) is 0 Å². The number of carbonyl (C=O) groups is 3. The first-order valence-electron chi connectivity index (χ1n) is 12.1. The van der Waals surface area contributed by atoms with E-state index in [-0.39, 0.29) is 24.5 Å². The molecule has 1 heterocycles. The van der Waals surface area contributed by atoms with Crippen LogP contribution in [0, 0.1) is 11.8 Å². The maximum absolute atomic E-state index is 12.1. The number of carbonyl (C=O) groups excluding carboxylic acids is 3. The van der Waals surface area contributed by atoms with Crippen molar-refractivity contribution in [1.29, 1.82) is 0 Å². The third-order valence-electron chi connectivity index (χ3n) is 4.68. The van der Waals surface area contributed by atoms with Crippen LogP contribution in [-0.2, 0) is 25.7 Å². The summed E-state index contributed by atoms with van der Waals surface area (Å²) in [5.74, 6) is 0.659. The lowest BCUT2D eigenvalue weighted by atomic mass is 10.1. The van der Waals surface area contributed by atoms with Crippen molar-refractivity contribution in [2.75, 3.05) is 32.6 Å². The molecule has 198 valence electrons. The molecule has 2 unspecified atom stereocenters. The third-order valence-corrected chi connectivity index (χ3v) is 4.68. The first-order chi connectivity index (χ1) is 17.3. The molecule has 36 heavy (non-hydrogen) atoms. The zero-order chi connectivity index (χ0) is 27.2. The summed E-state index contributed by atoms with van der Waals surface area (Å²) in [6.07, 6.45) is 3.92. The lowest BCUT2D eigenvalue weighted by Gasteiger charge is -2.21. The van der Waals surface area contributed by atoms with Crippen LogP contribution < -0.4 is 10.6 Å². The number of anilines is 1. The number of nitrogens with one attached hydrogen (secondary N) is 2. The third kappa shape index (κ3) is 15.5. The molecule has 0 spiro atoms. The van der Waals surface area contributed by atoms with Crippen molar-refractivity contribution < 1.29 is 19.1 Å². The van der Waals surface area contributed by atoms with Gasteiger partial charge in [-0.15, -0.1) is 6.58 Å². The monoisotopic (exact) mass is 497 g/mol. The van der Waals surface area contributed by atoms with Crippen LogP contribution in [0.5, 0.6) is 0 Å². The van der Waals surface area contributed by atoms with Crippen LogP contribution in [0.2, 0.25) is 0 Å². The molecule has 3 rings (SSSR count). The van der Waals surface area contributed by atoms with Gasteiger partial charge >= 0.3 is 0 Å². The summed E-state index contributed by atoms with van der Waals surface area (Å²) in [6, 6.07) is 19.7. The van der Waals surface area contributed by atoms with Crippen LogP contribution in [0.1, 0.15) is 32.8 Å². The van der Waals surface area contributed by atoms with Gasteiger partial charge in [0.15, 0.2) is 0 Å². The number of hydrogen-bond acceptors (Lipinski definition) is 5. The minimum Gasteiger partial charge on any atom is -0.388 e. The minimum absolute atomic E-state index is 0.0326. The van der Waals surface area contributed by atoms with E-state index in [1.165, 1.54) is 0 Å². The maximum atomic E-state index is 12.1. The fraction of sp³-hybridized carbons (Fsp3) is 0.414. The predicted molar refractivity (Wildman–Crippen MR) is 148 cm³/mol. The zero-order valence-corrected chi connectivity index (χ0v) is 22.4. The molecule has 0 radical (unpaired) electrons. The fourth-order valence-electron chi connectivity index (χ4n) is 3.03. The molecule has 0 aromatic heterocycles. The summed E-state index contributed by atoms with van der Waals surface area (Å²) in [6.45, 7) is 11.1. The van der Waals surface area contributed by atoms with E-state index in [0.717, 1.165) is 23.5 Å². The van der Waals surface area contributed by atoms with Crippen LogP contribution in [0.15, 0.2) is 73.3 Å². The first-order valence-corrected chi connectivity index (χ1v) is 12.1. The van der Waals surface area contributed by atoms with Crippen molar-refractivity contribution in [3.05, 3.63) is 78.9 Å². The molecule has 1 aliphatic heterocycles. The molecule has 2 aromatic carbocycles. The average molecular weight is 498 g/mol. The van der Waals surface area contributed by atoms with E-state index in [9.17, 15) is 9.59 Å². The molecule has 2 atom stereocenters. The molecular weight excluding hydrogens is 454 g/mol. The first kappa shape index (κ1) is 32.5. The Morgan fingerprint density at radius 2 is 1.58 bits per heavy atom. The Hall–Kier alpha value is -3.45. The minimum atomic E-state index is -0.0878. The Morgan fingerprint density at radius 1 is 1.06 bits per heavy atom. The molecular formula is C29H43N3O4. The lowest BCUT2D eigenvalue weighted by Crippen LogP contribution is -2.37. The summed E-state index contributed by atoms with van der Waals surface area (Å²) in [4.78, 5) is 33.7. The van der Waals surface area contributed by atoms with Gasteiger partial charge in [-0.2, -0.15) is 0 Å². The summed E-state index contributed by atoms with van der Waals surface area (Å²) < 4.78 is 5.44. The van der Waals surface area contributed by atoms with Gasteiger partial charge in [0.05, 0.1) is 12.6 Å². The highest BCUT2D eigenvalue weighted by Crippen LogP contribution is 2.22. The van der Waals surface area contributed by atoms with Gasteiger partial charge in [-0.25, -0.2) is 0 Å². The molecule has 7 nitrogen and oxygen atoms in total. The van der Waals surface area contributed by atoms with Gasteiger partial charge in [-0.1, -0.05) is 75.4 Å². The van der Waals surface area contributed by atoms with E-state index in [2.05, 4.69) is 38.0 Å². The standard InChI is InChI=1S/C16H19NO3.C7H9N.C4H10.C2H5NO/c1-2-15-8-14(10-18)9-17(15)16(19)12-20-11-13-6-4-3-5-7-13;1-8-7-5-3-2-4-6-7;1-4(2)3;1-3-2-4/h2-7,10,14-15H,1,8-9,11-12H2;2-6,8H,1H3;4H,1-3H3;2H,1H3,(H,3,4). The van der Waals surface area contributed by atoms with Gasteiger partial charge in [-0.05, 0) is 30.0 Å². The van der Waals surface area contributed by atoms with Crippen molar-refractivity contribution >= 4 is 24.3 Å². The number of likely N-dealkylation sites (tertiary alicyclic amines) is 1. The number of para-hydroxylation sites is 1. The average Bonchev–Trinajstić information content (AvgIpc) is 3.34. The van der Waals surface area contributed by atoms with Crippen LogP contribution in [0.3, 0.4) is 0 Å². The number of benzene rings is 2. The number of aldehydes is 1. The summed E-state index contributed by atoms with van der Waals surface area (Å²) in [5, 5.41) is 5.28. The van der Waals surface area contributed by atoms with Crippen molar-refractivity contribution in [3.8, 4) is 0 Å². The maximum Gasteiger partial charge on any atom is 0.249 e. The molecule has 1 aliphatic rings. The second kappa shape index (κ2) is 20.9. The number of nitrogens with zero attached hydrogens (tertiary/aromatic N) is 1. The molecule has 7 heteroatoms. The molecule has 0 saturated carbocycles. The van der Waals surface area contributed by atoms with Crippen LogP contribution in [-0.4, -0.2) is 56.8 Å². The SMILES string of the molecule is C=CC1CC(C=O)CN1C(=O)COCc1ccccc1.CC(C)C.CNC=O.CNc1ccccc1. The van der Waals surface area contributed by atoms with Crippen molar-refractivity contribution in [2.24, 2.45) is 11.8 Å². The second-order valence-corrected chi connectivity index (χ2v) is 8.71. The fourth-order valence-corrected chi connectivity index (χ4v) is 3.03. The van der Waals surface area contributed by atoms with Gasteiger partial charge in [0.1, 0.15) is 12.9 Å². The van der Waals surface area contributed by atoms with Gasteiger partial charge < -0.3 is 25.1 Å². The van der Waals surface area contributed by atoms with Crippen LogP contribution in [0.4, 0.5) is 5.69 Å². The van der Waals surface area contributed by atoms with Gasteiger partial charge in [-0.3, -0.25) is 9.59 Å². The summed E-state index contributed by atoms with van der Waals surface area (Å²) >= 11 is 0. The normalized spacial score (nSPS) is 15.6. The lowest BCUT2D eigenvalue weighted by molar-refractivity contribution is -0.136. The van der Waals surface area contributed by atoms with E-state index >= 15 is 0 Å². The van der Waals surface area contributed by atoms with E-state index in [1.54, 1.807) is 18.0 Å². The Labute approximate surface area is 216 Å². The molecule has 2 aromatic rings. The van der Waals surface area contributed by atoms with E-state index in [1.807, 2.05) is 67.7 Å². The van der Waals surface area contributed by atoms with Gasteiger partial charge in [0, 0.05) is 32.2 Å². The quantitative estimate of drug-likeness (QED) is 0.412. The largest absolute Gasteiger partial charge is 0.388 e. The molecule has 2 amide bonds. The topological polar surface area (TPSA) is 87.7 Å². The van der Waals surface area contributed by atoms with Crippen molar-refractivity contribution in [1.82, 2.24) is 10.2 Å². The predicted octanol–water partition coefficient (Wildman–Crippen LogP) is 4.56. The highest BCUT2D eigenvalue weighted by Gasteiger charge is 2.32. The highest BCUT2D eigenvalue weighted by atomic mass is 16.5. The molecule has 1 fully saturated rings. The van der Waals surface area contributed by atoms with Crippen molar-refractivity contribution in [2.45, 2.75) is 39.8 Å².